The molecule has 4 nitrogen and oxygen atoms in total. The average Bonchev–Trinajstić information content (AvgIpc) is 2.58. The van der Waals surface area contributed by atoms with E-state index in [9.17, 15) is 8.42 Å². The summed E-state index contributed by atoms with van der Waals surface area (Å²) in [6, 6.07) is 12.8. The molecule has 1 saturated carbocycles. The minimum absolute atomic E-state index is 0.0469. The molecule has 1 aliphatic carbocycles. The molecule has 0 heterocycles. The molecule has 1 aliphatic rings. The molecule has 25 heavy (non-hydrogen) atoms. The first-order valence-corrected chi connectivity index (χ1v) is 10.3. The van der Waals surface area contributed by atoms with Crippen LogP contribution in [0.4, 0.5) is 5.69 Å². The molecule has 4 N–H and O–H groups in total. The van der Waals surface area contributed by atoms with Crippen molar-refractivity contribution in [3.05, 3.63) is 58.6 Å². The molecule has 0 aliphatic heterocycles. The minimum atomic E-state index is -3.62. The maximum Gasteiger partial charge on any atom is 0.238 e. The van der Waals surface area contributed by atoms with Crippen molar-refractivity contribution in [2.45, 2.75) is 49.8 Å². The van der Waals surface area contributed by atoms with Gasteiger partial charge in [-0.05, 0) is 61.1 Å². The lowest BCUT2D eigenvalue weighted by Gasteiger charge is -2.21. The molecule has 0 saturated heterocycles. The zero-order chi connectivity index (χ0) is 18.4. The molecule has 2 aromatic carbocycles. The second-order valence-electron chi connectivity index (χ2n) is 6.45. The Kier molecular flexibility index (Phi) is 6.87. The van der Waals surface area contributed by atoms with E-state index in [4.69, 9.17) is 22.5 Å². The second-order valence-corrected chi connectivity index (χ2v) is 8.45. The molecule has 136 valence electrons. The molecule has 6 heteroatoms. The Morgan fingerprint density at radius 3 is 2.12 bits per heavy atom. The lowest BCUT2D eigenvalue weighted by molar-refractivity contribution is 0.443. The fourth-order valence-electron chi connectivity index (χ4n) is 2.97. The number of rotatable bonds is 2. The average molecular weight is 381 g/mol. The van der Waals surface area contributed by atoms with Gasteiger partial charge in [-0.15, -0.1) is 0 Å². The van der Waals surface area contributed by atoms with Crippen molar-refractivity contribution in [1.29, 1.82) is 0 Å². The van der Waals surface area contributed by atoms with Crippen LogP contribution in [-0.2, 0) is 10.0 Å². The predicted molar refractivity (Wildman–Crippen MR) is 104 cm³/mol. The SMILES string of the molecule is Cc1ccc(S(N)(=O)=O)cc1N.Clc1ccc(C2CCCCC2)cc1. The van der Waals surface area contributed by atoms with Gasteiger partial charge in [0, 0.05) is 10.7 Å². The van der Waals surface area contributed by atoms with Gasteiger partial charge < -0.3 is 5.73 Å². The summed E-state index contributed by atoms with van der Waals surface area (Å²) in [4.78, 5) is 0.0469. The van der Waals surface area contributed by atoms with Crippen LogP contribution in [0.15, 0.2) is 47.4 Å². The van der Waals surface area contributed by atoms with Crippen LogP contribution in [0, 0.1) is 6.92 Å². The van der Waals surface area contributed by atoms with Crippen molar-refractivity contribution < 1.29 is 8.42 Å². The highest BCUT2D eigenvalue weighted by atomic mass is 35.5. The van der Waals surface area contributed by atoms with Gasteiger partial charge in [-0.25, -0.2) is 13.6 Å². The van der Waals surface area contributed by atoms with Gasteiger partial charge in [-0.3, -0.25) is 0 Å². The molecule has 2 aromatic rings. The molecule has 0 radical (unpaired) electrons. The molecule has 1 fully saturated rings. The van der Waals surface area contributed by atoms with Gasteiger partial charge in [0.25, 0.3) is 0 Å². The molecule has 0 amide bonds. The summed E-state index contributed by atoms with van der Waals surface area (Å²) >= 11 is 5.85. The van der Waals surface area contributed by atoms with E-state index in [0.29, 0.717) is 5.69 Å². The van der Waals surface area contributed by atoms with E-state index in [1.807, 2.05) is 12.1 Å². The molecular formula is C19H25ClN2O2S. The first-order chi connectivity index (χ1) is 11.8. The van der Waals surface area contributed by atoms with E-state index in [1.165, 1.54) is 49.8 Å². The Bertz CT molecular complexity index is 799. The van der Waals surface area contributed by atoms with Crippen molar-refractivity contribution in [3.63, 3.8) is 0 Å². The second kappa shape index (κ2) is 8.70. The first kappa shape index (κ1) is 19.8. The number of hydrogen-bond donors (Lipinski definition) is 2. The topological polar surface area (TPSA) is 86.2 Å². The molecule has 3 rings (SSSR count). The minimum Gasteiger partial charge on any atom is -0.398 e. The lowest BCUT2D eigenvalue weighted by atomic mass is 9.84. The zero-order valence-electron chi connectivity index (χ0n) is 14.4. The van der Waals surface area contributed by atoms with Crippen molar-refractivity contribution in [2.75, 3.05) is 5.73 Å². The number of halogens is 1. The number of benzene rings is 2. The van der Waals surface area contributed by atoms with Gasteiger partial charge in [-0.2, -0.15) is 0 Å². The van der Waals surface area contributed by atoms with Crippen LogP contribution in [0.25, 0.3) is 0 Å². The number of hydrogen-bond acceptors (Lipinski definition) is 3. The monoisotopic (exact) mass is 380 g/mol. The van der Waals surface area contributed by atoms with Crippen molar-refractivity contribution in [3.8, 4) is 0 Å². The number of nitrogens with two attached hydrogens (primary N) is 2. The highest BCUT2D eigenvalue weighted by Gasteiger charge is 2.14. The van der Waals surface area contributed by atoms with Crippen molar-refractivity contribution >= 4 is 27.3 Å². The summed E-state index contributed by atoms with van der Waals surface area (Å²) in [6.07, 6.45) is 6.94. The third-order valence-corrected chi connectivity index (χ3v) is 5.69. The van der Waals surface area contributed by atoms with Crippen LogP contribution in [0.1, 0.15) is 49.1 Å². The number of primary sulfonamides is 1. The standard InChI is InChI=1S/C12H15Cl.C7H10N2O2S/c13-12-8-6-11(7-9-12)10-4-2-1-3-5-10;1-5-2-3-6(4-7(5)8)12(9,10)11/h6-10H,1-5H2;2-4H,8H2,1H3,(H2,9,10,11). The molecular weight excluding hydrogens is 356 g/mol. The van der Waals surface area contributed by atoms with E-state index in [-0.39, 0.29) is 4.90 Å². The maximum absolute atomic E-state index is 10.8. The number of aryl methyl sites for hydroxylation is 1. The summed E-state index contributed by atoms with van der Waals surface area (Å²) in [7, 11) is -3.62. The number of anilines is 1. The molecule has 0 bridgehead atoms. The van der Waals surface area contributed by atoms with Gasteiger partial charge in [0.15, 0.2) is 0 Å². The van der Waals surface area contributed by atoms with E-state index < -0.39 is 10.0 Å². The maximum atomic E-state index is 10.8. The zero-order valence-corrected chi connectivity index (χ0v) is 16.0. The fraction of sp³-hybridized carbons (Fsp3) is 0.368. The quantitative estimate of drug-likeness (QED) is 0.745. The van der Waals surface area contributed by atoms with Gasteiger partial charge >= 0.3 is 0 Å². The smallest absolute Gasteiger partial charge is 0.238 e. The largest absolute Gasteiger partial charge is 0.398 e. The Labute approximate surface area is 155 Å². The summed E-state index contributed by atoms with van der Waals surface area (Å²) in [5.41, 5.74) is 8.24. The molecule has 0 spiro atoms. The van der Waals surface area contributed by atoms with Crippen LogP contribution < -0.4 is 10.9 Å². The lowest BCUT2D eigenvalue weighted by Crippen LogP contribution is -2.12. The molecule has 0 aromatic heterocycles. The van der Waals surface area contributed by atoms with Gasteiger partial charge in [0.2, 0.25) is 10.0 Å². The molecule has 0 atom stereocenters. The first-order valence-electron chi connectivity index (χ1n) is 8.42. The number of sulfonamides is 1. The predicted octanol–water partition coefficient (Wildman–Crippen LogP) is 4.61. The van der Waals surface area contributed by atoms with Gasteiger partial charge in [0.05, 0.1) is 4.90 Å². The summed E-state index contributed by atoms with van der Waals surface area (Å²) in [6.45, 7) is 1.79. The van der Waals surface area contributed by atoms with E-state index in [0.717, 1.165) is 16.5 Å². The Balaban J connectivity index is 0.000000181. The summed E-state index contributed by atoms with van der Waals surface area (Å²) < 4.78 is 21.6. The highest BCUT2D eigenvalue weighted by Crippen LogP contribution is 2.32. The Hall–Kier alpha value is -1.56. The number of nitrogen functional groups attached to an aromatic ring is 1. The van der Waals surface area contributed by atoms with E-state index in [1.54, 1.807) is 13.0 Å². The third kappa shape index (κ3) is 6.03. The van der Waals surface area contributed by atoms with Crippen LogP contribution in [0.2, 0.25) is 5.02 Å². The van der Waals surface area contributed by atoms with Crippen LogP contribution in [0.5, 0.6) is 0 Å². The van der Waals surface area contributed by atoms with Crippen LogP contribution in [0.3, 0.4) is 0 Å². The fourth-order valence-corrected chi connectivity index (χ4v) is 3.64. The van der Waals surface area contributed by atoms with Crippen molar-refractivity contribution in [2.24, 2.45) is 5.14 Å². The van der Waals surface area contributed by atoms with Crippen molar-refractivity contribution in [1.82, 2.24) is 0 Å². The van der Waals surface area contributed by atoms with E-state index >= 15 is 0 Å². The van der Waals surface area contributed by atoms with Gasteiger partial charge in [-0.1, -0.05) is 49.1 Å². The van der Waals surface area contributed by atoms with Gasteiger partial charge in [0.1, 0.15) is 0 Å². The van der Waals surface area contributed by atoms with Crippen LogP contribution in [-0.4, -0.2) is 8.42 Å². The summed E-state index contributed by atoms with van der Waals surface area (Å²) in [5.74, 6) is 0.797. The van der Waals surface area contributed by atoms with Crippen LogP contribution >= 0.6 is 11.6 Å². The summed E-state index contributed by atoms with van der Waals surface area (Å²) in [5, 5.41) is 5.74. The Morgan fingerprint density at radius 2 is 1.60 bits per heavy atom. The molecule has 0 unspecified atom stereocenters. The normalized spacial score (nSPS) is 15.3. The third-order valence-electron chi connectivity index (χ3n) is 4.53. The van der Waals surface area contributed by atoms with E-state index in [2.05, 4.69) is 12.1 Å². The Morgan fingerprint density at radius 1 is 1.00 bits per heavy atom. The highest BCUT2D eigenvalue weighted by molar-refractivity contribution is 7.89.